The molecule has 0 unspecified atom stereocenters. The van der Waals surface area contributed by atoms with E-state index in [4.69, 9.17) is 0 Å². The number of nitrogens with zero attached hydrogens (tertiary/aromatic N) is 1. The van der Waals surface area contributed by atoms with Crippen molar-refractivity contribution < 1.29 is 0 Å². The molecule has 1 N–H and O–H groups in total. The van der Waals surface area contributed by atoms with Crippen LogP contribution in [0.1, 0.15) is 40.0 Å². The Bertz CT molecular complexity index is 100. The molecule has 80 valence electrons. The van der Waals surface area contributed by atoms with Crippen LogP contribution in [-0.2, 0) is 0 Å². The van der Waals surface area contributed by atoms with E-state index in [2.05, 4.69) is 17.1 Å². The third-order valence-electron chi connectivity index (χ3n) is 2.65. The lowest BCUT2D eigenvalue weighted by molar-refractivity contribution is 0.135. The molecule has 13 heavy (non-hydrogen) atoms. The van der Waals surface area contributed by atoms with Crippen molar-refractivity contribution in [2.24, 2.45) is 0 Å². The number of rotatable bonds is 5. The Kier molecular flexibility index (Phi) is 8.46. The van der Waals surface area contributed by atoms with Gasteiger partial charge < -0.3 is 5.32 Å². The Labute approximate surface area is 83.7 Å². The molecule has 0 heterocycles. The highest BCUT2D eigenvalue weighted by molar-refractivity contribution is 4.79. The Morgan fingerprint density at radius 3 is 2.23 bits per heavy atom. The van der Waals surface area contributed by atoms with Crippen molar-refractivity contribution in [3.8, 4) is 0 Å². The minimum absolute atomic E-state index is 0.911. The molecular formula is C11H26N2. The van der Waals surface area contributed by atoms with E-state index in [1.54, 1.807) is 0 Å². The van der Waals surface area contributed by atoms with Gasteiger partial charge in [0.05, 0.1) is 0 Å². The van der Waals surface area contributed by atoms with Gasteiger partial charge in [0.1, 0.15) is 0 Å². The summed E-state index contributed by atoms with van der Waals surface area (Å²) in [6, 6.07) is 0.911. The van der Waals surface area contributed by atoms with Gasteiger partial charge in [0.15, 0.2) is 0 Å². The molecule has 1 aliphatic rings. The van der Waals surface area contributed by atoms with Crippen LogP contribution < -0.4 is 5.32 Å². The molecule has 1 aliphatic carbocycles. The second-order valence-electron chi connectivity index (χ2n) is 3.32. The molecule has 0 bridgehead atoms. The number of nitrogens with one attached hydrogen (secondary N) is 1. The molecule has 0 aromatic carbocycles. The SMILES string of the molecule is CC.CCN(CCNC)C1CCC1. The van der Waals surface area contributed by atoms with Gasteiger partial charge in [0.2, 0.25) is 0 Å². The van der Waals surface area contributed by atoms with Gasteiger partial charge in [-0.1, -0.05) is 27.2 Å². The lowest BCUT2D eigenvalue weighted by Crippen LogP contribution is -2.42. The number of hydrogen-bond donors (Lipinski definition) is 1. The minimum atomic E-state index is 0.911. The third kappa shape index (κ3) is 4.63. The van der Waals surface area contributed by atoms with Gasteiger partial charge in [-0.05, 0) is 26.4 Å². The summed E-state index contributed by atoms with van der Waals surface area (Å²) >= 11 is 0. The molecule has 1 saturated carbocycles. The molecule has 2 heteroatoms. The molecule has 0 spiro atoms. The van der Waals surface area contributed by atoms with Crippen molar-refractivity contribution >= 4 is 0 Å². The van der Waals surface area contributed by atoms with Crippen molar-refractivity contribution in [3.05, 3.63) is 0 Å². The number of hydrogen-bond acceptors (Lipinski definition) is 2. The number of likely N-dealkylation sites (N-methyl/N-ethyl adjacent to an activating group) is 2. The van der Waals surface area contributed by atoms with Crippen LogP contribution >= 0.6 is 0 Å². The van der Waals surface area contributed by atoms with Crippen LogP contribution in [0.5, 0.6) is 0 Å². The van der Waals surface area contributed by atoms with Gasteiger partial charge in [-0.15, -0.1) is 0 Å². The van der Waals surface area contributed by atoms with Crippen molar-refractivity contribution in [2.75, 3.05) is 26.7 Å². The Morgan fingerprint density at radius 2 is 1.92 bits per heavy atom. The van der Waals surface area contributed by atoms with E-state index in [-0.39, 0.29) is 0 Å². The van der Waals surface area contributed by atoms with E-state index >= 15 is 0 Å². The highest BCUT2D eigenvalue weighted by Gasteiger charge is 2.22. The monoisotopic (exact) mass is 186 g/mol. The highest BCUT2D eigenvalue weighted by atomic mass is 15.2. The van der Waals surface area contributed by atoms with Gasteiger partial charge in [0, 0.05) is 19.1 Å². The topological polar surface area (TPSA) is 15.3 Å². The average molecular weight is 186 g/mol. The fourth-order valence-electron chi connectivity index (χ4n) is 1.61. The maximum absolute atomic E-state index is 3.19. The summed E-state index contributed by atoms with van der Waals surface area (Å²) in [5, 5.41) is 3.19. The maximum Gasteiger partial charge on any atom is 0.0110 e. The van der Waals surface area contributed by atoms with Crippen LogP contribution in [0, 0.1) is 0 Å². The minimum Gasteiger partial charge on any atom is -0.318 e. The smallest absolute Gasteiger partial charge is 0.0110 e. The van der Waals surface area contributed by atoms with Gasteiger partial charge in [-0.25, -0.2) is 0 Å². The predicted octanol–water partition coefficient (Wildman–Crippen LogP) is 2.11. The first kappa shape index (κ1) is 12.9. The van der Waals surface area contributed by atoms with E-state index in [1.165, 1.54) is 32.4 Å². The second kappa shape index (κ2) is 8.52. The molecule has 0 aliphatic heterocycles. The Balaban J connectivity index is 0.000000671. The summed E-state index contributed by atoms with van der Waals surface area (Å²) < 4.78 is 0. The Morgan fingerprint density at radius 1 is 1.31 bits per heavy atom. The van der Waals surface area contributed by atoms with Crippen LogP contribution in [0.15, 0.2) is 0 Å². The van der Waals surface area contributed by atoms with Crippen LogP contribution in [0.4, 0.5) is 0 Å². The van der Waals surface area contributed by atoms with Gasteiger partial charge in [0.25, 0.3) is 0 Å². The first-order chi connectivity index (χ1) is 6.38. The highest BCUT2D eigenvalue weighted by Crippen LogP contribution is 2.23. The van der Waals surface area contributed by atoms with Crippen molar-refractivity contribution in [2.45, 2.75) is 46.1 Å². The van der Waals surface area contributed by atoms with Gasteiger partial charge in [-0.2, -0.15) is 0 Å². The normalized spacial score (nSPS) is 16.4. The summed E-state index contributed by atoms with van der Waals surface area (Å²) in [6.07, 6.45) is 4.30. The Hall–Kier alpha value is -0.0800. The first-order valence-electron chi connectivity index (χ1n) is 5.77. The lowest BCUT2D eigenvalue weighted by atomic mass is 9.91. The lowest BCUT2D eigenvalue weighted by Gasteiger charge is -2.36. The van der Waals surface area contributed by atoms with E-state index in [0.717, 1.165) is 12.6 Å². The van der Waals surface area contributed by atoms with E-state index < -0.39 is 0 Å². The molecule has 1 fully saturated rings. The standard InChI is InChI=1S/C9H20N2.C2H6/c1-3-11(8-7-10-2)9-5-4-6-9;1-2/h9-10H,3-8H2,1-2H3;1-2H3. The van der Waals surface area contributed by atoms with Crippen LogP contribution in [0.3, 0.4) is 0 Å². The molecule has 1 rings (SSSR count). The molecule has 0 aromatic rings. The van der Waals surface area contributed by atoms with Crippen LogP contribution in [-0.4, -0.2) is 37.6 Å². The van der Waals surface area contributed by atoms with Gasteiger partial charge >= 0.3 is 0 Å². The van der Waals surface area contributed by atoms with E-state index in [0.29, 0.717) is 0 Å². The summed E-state index contributed by atoms with van der Waals surface area (Å²) in [6.45, 7) is 9.82. The van der Waals surface area contributed by atoms with Crippen molar-refractivity contribution in [1.82, 2.24) is 10.2 Å². The summed E-state index contributed by atoms with van der Waals surface area (Å²) in [5.41, 5.74) is 0. The summed E-state index contributed by atoms with van der Waals surface area (Å²) in [7, 11) is 2.02. The fraction of sp³-hybridized carbons (Fsp3) is 1.00. The fourth-order valence-corrected chi connectivity index (χ4v) is 1.61. The zero-order valence-corrected chi connectivity index (χ0v) is 9.77. The quantitative estimate of drug-likeness (QED) is 0.707. The summed E-state index contributed by atoms with van der Waals surface area (Å²) in [5.74, 6) is 0. The summed E-state index contributed by atoms with van der Waals surface area (Å²) in [4.78, 5) is 2.58. The van der Waals surface area contributed by atoms with E-state index in [9.17, 15) is 0 Å². The van der Waals surface area contributed by atoms with Crippen LogP contribution in [0.2, 0.25) is 0 Å². The molecule has 0 radical (unpaired) electrons. The third-order valence-corrected chi connectivity index (χ3v) is 2.65. The zero-order chi connectivity index (χ0) is 10.1. The first-order valence-corrected chi connectivity index (χ1v) is 5.77. The molecule has 0 aromatic heterocycles. The molecule has 2 nitrogen and oxygen atoms in total. The molecule has 0 saturated heterocycles. The van der Waals surface area contributed by atoms with E-state index in [1.807, 2.05) is 20.9 Å². The maximum atomic E-state index is 3.19. The average Bonchev–Trinajstić information content (AvgIpc) is 2.12. The molecule has 0 atom stereocenters. The van der Waals surface area contributed by atoms with Crippen molar-refractivity contribution in [3.63, 3.8) is 0 Å². The predicted molar refractivity (Wildman–Crippen MR) is 60.2 cm³/mol. The molecule has 0 amide bonds. The van der Waals surface area contributed by atoms with Gasteiger partial charge in [-0.3, -0.25) is 4.90 Å². The van der Waals surface area contributed by atoms with Crippen LogP contribution in [0.25, 0.3) is 0 Å². The molecular weight excluding hydrogens is 160 g/mol. The second-order valence-corrected chi connectivity index (χ2v) is 3.32. The zero-order valence-electron chi connectivity index (χ0n) is 9.77. The largest absolute Gasteiger partial charge is 0.318 e. The van der Waals surface area contributed by atoms with Crippen molar-refractivity contribution in [1.29, 1.82) is 0 Å².